The maximum Gasteiger partial charge on any atom is 0.107 e. The third kappa shape index (κ3) is 1.94. The van der Waals surface area contributed by atoms with Gasteiger partial charge >= 0.3 is 0 Å². The van der Waals surface area contributed by atoms with E-state index in [4.69, 9.17) is 0 Å². The normalized spacial score (nSPS) is 19.0. The van der Waals surface area contributed by atoms with Crippen LogP contribution in [-0.4, -0.2) is 25.2 Å². The number of para-hydroxylation sites is 1. The molecule has 114 valence electrons. The Hall–Kier alpha value is -1.94. The molecular weight excluding hydrogens is 274 g/mol. The Morgan fingerprint density at radius 2 is 1.95 bits per heavy atom. The smallest absolute Gasteiger partial charge is 0.107 e. The highest BCUT2D eigenvalue weighted by Crippen LogP contribution is 2.42. The molecule has 1 atom stereocenters. The third-order valence-corrected chi connectivity index (χ3v) is 5.12. The second kappa shape index (κ2) is 5.06. The largest absolute Gasteiger partial charge is 0.388 e. The Bertz CT molecular complexity index is 817. The van der Waals surface area contributed by atoms with Crippen LogP contribution in [-0.2, 0) is 0 Å². The Labute approximate surface area is 129 Å². The van der Waals surface area contributed by atoms with Crippen LogP contribution < -0.4 is 0 Å². The van der Waals surface area contributed by atoms with Gasteiger partial charge in [0.25, 0.3) is 0 Å². The second-order valence-corrected chi connectivity index (χ2v) is 6.40. The van der Waals surface area contributed by atoms with Gasteiger partial charge in [-0.1, -0.05) is 38.0 Å². The Morgan fingerprint density at radius 1 is 1.18 bits per heavy atom. The third-order valence-electron chi connectivity index (χ3n) is 5.12. The van der Waals surface area contributed by atoms with Gasteiger partial charge in [-0.2, -0.15) is 0 Å². The molecule has 0 aliphatic heterocycles. The number of pyridine rings is 1. The lowest BCUT2D eigenvalue weighted by molar-refractivity contribution is -0.00632. The van der Waals surface area contributed by atoms with Crippen molar-refractivity contribution in [1.29, 1.82) is 0 Å². The van der Waals surface area contributed by atoms with Crippen LogP contribution in [0.2, 0.25) is 0 Å². The van der Waals surface area contributed by atoms with E-state index in [0.29, 0.717) is 0 Å². The van der Waals surface area contributed by atoms with Crippen LogP contribution in [0.25, 0.3) is 21.9 Å². The first-order chi connectivity index (χ1) is 10.7. The molecule has 1 aliphatic rings. The minimum atomic E-state index is -0.604. The van der Waals surface area contributed by atoms with Crippen molar-refractivity contribution in [2.24, 2.45) is 0 Å². The van der Waals surface area contributed by atoms with Crippen molar-refractivity contribution in [3.05, 3.63) is 36.8 Å². The Morgan fingerprint density at radius 3 is 2.73 bits per heavy atom. The minimum Gasteiger partial charge on any atom is -0.388 e. The second-order valence-electron chi connectivity index (χ2n) is 6.40. The van der Waals surface area contributed by atoms with Crippen molar-refractivity contribution in [2.75, 3.05) is 0 Å². The highest BCUT2D eigenvalue weighted by Gasteiger charge is 2.40. The van der Waals surface area contributed by atoms with Crippen LogP contribution in [0.15, 0.2) is 36.8 Å². The number of nitrogens with zero attached hydrogens (tertiary/aromatic N) is 3. The van der Waals surface area contributed by atoms with Crippen LogP contribution in [0.4, 0.5) is 0 Å². The van der Waals surface area contributed by atoms with E-state index in [0.717, 1.165) is 54.0 Å². The predicted molar refractivity (Wildman–Crippen MR) is 87.8 cm³/mol. The number of fused-ring (bicyclic) bond motifs is 3. The van der Waals surface area contributed by atoms with Gasteiger partial charge in [-0.25, -0.2) is 4.98 Å². The number of benzene rings is 1. The maximum absolute atomic E-state index is 11.1. The number of aliphatic hydroxyl groups is 1. The lowest BCUT2D eigenvalue weighted by Gasteiger charge is -2.33. The minimum absolute atomic E-state index is 0.0748. The number of hydrogen-bond acceptors (Lipinski definition) is 3. The average molecular weight is 295 g/mol. The maximum atomic E-state index is 11.1. The average Bonchev–Trinajstić information content (AvgIpc) is 3.16. The van der Waals surface area contributed by atoms with Crippen LogP contribution in [0, 0.1) is 0 Å². The molecule has 0 unspecified atom stereocenters. The zero-order valence-corrected chi connectivity index (χ0v) is 12.9. The van der Waals surface area contributed by atoms with Crippen LogP contribution in [0.3, 0.4) is 0 Å². The molecule has 0 bridgehead atoms. The fraction of sp³-hybridized carbons (Fsp3) is 0.444. The Kier molecular flexibility index (Phi) is 3.15. The van der Waals surface area contributed by atoms with E-state index in [1.54, 1.807) is 0 Å². The fourth-order valence-electron chi connectivity index (χ4n) is 4.06. The van der Waals surface area contributed by atoms with E-state index in [1.165, 1.54) is 0 Å². The highest BCUT2D eigenvalue weighted by atomic mass is 16.3. The van der Waals surface area contributed by atoms with Gasteiger partial charge < -0.3 is 9.67 Å². The van der Waals surface area contributed by atoms with Gasteiger partial charge in [0.1, 0.15) is 5.52 Å². The quantitative estimate of drug-likeness (QED) is 0.798. The summed E-state index contributed by atoms with van der Waals surface area (Å²) in [7, 11) is 0. The molecule has 1 fully saturated rings. The highest BCUT2D eigenvalue weighted by molar-refractivity contribution is 6.02. The summed E-state index contributed by atoms with van der Waals surface area (Å²) < 4.78 is 2.19. The van der Waals surface area contributed by atoms with Gasteiger partial charge in [0.2, 0.25) is 0 Å². The Balaban J connectivity index is 1.96. The van der Waals surface area contributed by atoms with Crippen molar-refractivity contribution in [3.8, 4) is 0 Å². The van der Waals surface area contributed by atoms with E-state index in [1.807, 2.05) is 30.7 Å². The number of imidazole rings is 1. The first-order valence-corrected chi connectivity index (χ1v) is 8.15. The van der Waals surface area contributed by atoms with Crippen LogP contribution >= 0.6 is 0 Å². The van der Waals surface area contributed by atoms with Crippen molar-refractivity contribution < 1.29 is 5.11 Å². The lowest BCUT2D eigenvalue weighted by atomic mass is 9.90. The zero-order chi connectivity index (χ0) is 15.2. The van der Waals surface area contributed by atoms with Crippen LogP contribution in [0.1, 0.15) is 45.1 Å². The standard InChI is InChI=1S/C18H21N3O/c1-2-16(18(22)9-5-6-10-18)21-12-20-15-11-19-14-8-4-3-7-13(14)17(15)21/h3-4,7-8,11-12,16,22H,2,5-6,9-10H2,1H3/t16-/m0/s1. The summed E-state index contributed by atoms with van der Waals surface area (Å²) in [6.45, 7) is 2.15. The summed E-state index contributed by atoms with van der Waals surface area (Å²) in [6, 6.07) is 8.23. The number of hydrogen-bond donors (Lipinski definition) is 1. The van der Waals surface area contributed by atoms with Crippen molar-refractivity contribution >= 4 is 21.9 Å². The molecular formula is C18H21N3O. The van der Waals surface area contributed by atoms with Gasteiger partial charge in [0.05, 0.1) is 35.2 Å². The van der Waals surface area contributed by atoms with Gasteiger partial charge in [-0.15, -0.1) is 0 Å². The summed E-state index contributed by atoms with van der Waals surface area (Å²) >= 11 is 0. The first-order valence-electron chi connectivity index (χ1n) is 8.15. The van der Waals surface area contributed by atoms with E-state index in [2.05, 4.69) is 27.5 Å². The number of rotatable bonds is 3. The summed E-state index contributed by atoms with van der Waals surface area (Å²) in [5, 5.41) is 12.2. The monoisotopic (exact) mass is 295 g/mol. The molecule has 1 saturated carbocycles. The molecule has 4 rings (SSSR count). The molecule has 1 aromatic carbocycles. The molecule has 0 amide bonds. The molecule has 2 heterocycles. The molecule has 3 aromatic rings. The predicted octanol–water partition coefficient (Wildman–Crippen LogP) is 3.84. The molecule has 4 heteroatoms. The SMILES string of the molecule is CC[C@H](n1cnc2cnc3ccccc3c21)C1(O)CCCC1. The fourth-order valence-corrected chi connectivity index (χ4v) is 4.06. The van der Waals surface area contributed by atoms with E-state index in [-0.39, 0.29) is 6.04 Å². The van der Waals surface area contributed by atoms with Gasteiger partial charge in [0.15, 0.2) is 0 Å². The van der Waals surface area contributed by atoms with Crippen molar-refractivity contribution in [2.45, 2.75) is 50.7 Å². The summed E-state index contributed by atoms with van der Waals surface area (Å²) in [4.78, 5) is 9.01. The molecule has 22 heavy (non-hydrogen) atoms. The lowest BCUT2D eigenvalue weighted by Crippen LogP contribution is -2.36. The topological polar surface area (TPSA) is 50.9 Å². The van der Waals surface area contributed by atoms with Gasteiger partial charge in [-0.05, 0) is 25.3 Å². The summed E-state index contributed by atoms with van der Waals surface area (Å²) in [5.41, 5.74) is 2.37. The zero-order valence-electron chi connectivity index (χ0n) is 12.9. The molecule has 1 aliphatic carbocycles. The number of aromatic nitrogens is 3. The summed E-state index contributed by atoms with van der Waals surface area (Å²) in [5.74, 6) is 0. The van der Waals surface area contributed by atoms with Gasteiger partial charge in [0, 0.05) is 5.39 Å². The molecule has 4 nitrogen and oxygen atoms in total. The van der Waals surface area contributed by atoms with Gasteiger partial charge in [-0.3, -0.25) is 4.98 Å². The van der Waals surface area contributed by atoms with E-state index < -0.39 is 5.60 Å². The van der Waals surface area contributed by atoms with E-state index >= 15 is 0 Å². The molecule has 2 aromatic heterocycles. The van der Waals surface area contributed by atoms with Crippen molar-refractivity contribution in [3.63, 3.8) is 0 Å². The molecule has 1 N–H and O–H groups in total. The van der Waals surface area contributed by atoms with E-state index in [9.17, 15) is 5.11 Å². The molecule has 0 saturated heterocycles. The first kappa shape index (κ1) is 13.7. The summed E-state index contributed by atoms with van der Waals surface area (Å²) in [6.07, 6.45) is 8.60. The molecule has 0 spiro atoms. The van der Waals surface area contributed by atoms with Crippen molar-refractivity contribution in [1.82, 2.24) is 14.5 Å². The van der Waals surface area contributed by atoms with Crippen LogP contribution in [0.5, 0.6) is 0 Å². The molecule has 0 radical (unpaired) electrons.